The predicted molar refractivity (Wildman–Crippen MR) is 38.0 cm³/mol. The molecule has 2 amide bonds. The van der Waals surface area contributed by atoms with Gasteiger partial charge in [-0.2, -0.15) is 0 Å². The lowest BCUT2D eigenvalue weighted by Crippen LogP contribution is -2.45. The summed E-state index contributed by atoms with van der Waals surface area (Å²) < 4.78 is 0. The average molecular weight is 171 g/mol. The number of aliphatic hydroxyl groups is 1. The van der Waals surface area contributed by atoms with Crippen LogP contribution in [0.25, 0.3) is 0 Å². The van der Waals surface area contributed by atoms with E-state index in [-0.39, 0.29) is 6.42 Å². The fourth-order valence-electron chi connectivity index (χ4n) is 1.10. The molecule has 0 aliphatic carbocycles. The zero-order valence-electron chi connectivity index (χ0n) is 6.59. The molecule has 1 saturated heterocycles. The number of nitrogens with one attached hydrogen (secondary N) is 1. The van der Waals surface area contributed by atoms with Crippen molar-refractivity contribution in [3.63, 3.8) is 0 Å². The van der Waals surface area contributed by atoms with Crippen LogP contribution in [0.4, 0.5) is 0 Å². The predicted octanol–water partition coefficient (Wildman–Crippen LogP) is -1.26. The lowest BCUT2D eigenvalue weighted by atomic mass is 9.95. The Kier molecular flexibility index (Phi) is 1.97. The molecule has 1 heterocycles. The van der Waals surface area contributed by atoms with Gasteiger partial charge < -0.3 is 5.11 Å². The Bertz CT molecular complexity index is 260. The Morgan fingerprint density at radius 1 is 1.67 bits per heavy atom. The molecule has 2 N–H and O–H groups in total. The summed E-state index contributed by atoms with van der Waals surface area (Å²) in [5.41, 5.74) is -2.11. The summed E-state index contributed by atoms with van der Waals surface area (Å²) in [7, 11) is 0. The van der Waals surface area contributed by atoms with Gasteiger partial charge in [0.05, 0.1) is 6.42 Å². The lowest BCUT2D eigenvalue weighted by Gasteiger charge is -2.14. The first kappa shape index (κ1) is 8.86. The van der Waals surface area contributed by atoms with Crippen molar-refractivity contribution in [1.82, 2.24) is 5.32 Å². The Hall–Kier alpha value is -1.23. The molecule has 1 aliphatic heterocycles. The Morgan fingerprint density at radius 3 is 2.58 bits per heavy atom. The van der Waals surface area contributed by atoms with Crippen LogP contribution >= 0.6 is 0 Å². The van der Waals surface area contributed by atoms with Gasteiger partial charge in [0.1, 0.15) is 0 Å². The van der Waals surface area contributed by atoms with E-state index >= 15 is 0 Å². The second-order valence-corrected chi connectivity index (χ2v) is 2.69. The Labute approximate surface area is 68.8 Å². The number of rotatable bonds is 2. The molecule has 5 nitrogen and oxygen atoms in total. The van der Waals surface area contributed by atoms with E-state index < -0.39 is 29.6 Å². The molecule has 5 heteroatoms. The van der Waals surface area contributed by atoms with Gasteiger partial charge in [-0.1, -0.05) is 6.92 Å². The fraction of sp³-hybridized carbons (Fsp3) is 0.571. The molecule has 1 fully saturated rings. The van der Waals surface area contributed by atoms with Gasteiger partial charge in [0.25, 0.3) is 5.91 Å². The molecule has 1 atom stereocenters. The number of hydrogen-bond donors (Lipinski definition) is 2. The van der Waals surface area contributed by atoms with Gasteiger partial charge in [0.2, 0.25) is 11.5 Å². The maximum absolute atomic E-state index is 11.0. The zero-order chi connectivity index (χ0) is 9.35. The number of carbonyl (C=O) groups excluding carboxylic acids is 3. The summed E-state index contributed by atoms with van der Waals surface area (Å²) in [5, 5.41) is 11.3. The number of hydrogen-bond acceptors (Lipinski definition) is 4. The number of amides is 2. The van der Waals surface area contributed by atoms with Gasteiger partial charge in [0.15, 0.2) is 5.78 Å². The van der Waals surface area contributed by atoms with Gasteiger partial charge in [-0.15, -0.1) is 0 Å². The summed E-state index contributed by atoms with van der Waals surface area (Å²) in [5.74, 6) is -2.13. The van der Waals surface area contributed by atoms with Gasteiger partial charge in [-0.3, -0.25) is 19.7 Å². The standard InChI is InChI=1S/C7H9NO4/c1-2-4(9)7(12)3-5(10)8-6(7)11/h12H,2-3H2,1H3,(H,8,10,11). The van der Waals surface area contributed by atoms with E-state index in [2.05, 4.69) is 0 Å². The largest absolute Gasteiger partial charge is 0.373 e. The first-order valence-corrected chi connectivity index (χ1v) is 3.60. The van der Waals surface area contributed by atoms with Crippen molar-refractivity contribution in [2.45, 2.75) is 25.4 Å². The van der Waals surface area contributed by atoms with Crippen LogP contribution in [0.1, 0.15) is 19.8 Å². The number of imide groups is 1. The van der Waals surface area contributed by atoms with Crippen LogP contribution < -0.4 is 5.32 Å². The summed E-state index contributed by atoms with van der Waals surface area (Å²) in [6.45, 7) is 1.52. The third kappa shape index (κ3) is 1.12. The van der Waals surface area contributed by atoms with E-state index in [4.69, 9.17) is 0 Å². The molecule has 0 saturated carbocycles. The molecule has 0 aromatic heterocycles. The quantitative estimate of drug-likeness (QED) is 0.401. The number of Topliss-reactive ketones (excluding diaryl/α,β-unsaturated/α-hetero) is 1. The van der Waals surface area contributed by atoms with Gasteiger partial charge >= 0.3 is 0 Å². The molecule has 12 heavy (non-hydrogen) atoms. The minimum Gasteiger partial charge on any atom is -0.373 e. The lowest BCUT2D eigenvalue weighted by molar-refractivity contribution is -0.148. The van der Waals surface area contributed by atoms with Crippen LogP contribution in [0, 0.1) is 0 Å². The zero-order valence-corrected chi connectivity index (χ0v) is 6.59. The van der Waals surface area contributed by atoms with Crippen LogP contribution in [0.5, 0.6) is 0 Å². The van der Waals surface area contributed by atoms with Crippen molar-refractivity contribution in [3.05, 3.63) is 0 Å². The van der Waals surface area contributed by atoms with Crippen LogP contribution in [0.3, 0.4) is 0 Å². The maximum Gasteiger partial charge on any atom is 0.266 e. The fourth-order valence-corrected chi connectivity index (χ4v) is 1.10. The molecule has 1 aliphatic rings. The molecule has 66 valence electrons. The Balaban J connectivity index is 2.92. The van der Waals surface area contributed by atoms with Crippen molar-refractivity contribution in [1.29, 1.82) is 0 Å². The van der Waals surface area contributed by atoms with Crippen molar-refractivity contribution in [3.8, 4) is 0 Å². The Morgan fingerprint density at radius 2 is 2.25 bits per heavy atom. The smallest absolute Gasteiger partial charge is 0.266 e. The molecule has 0 bridgehead atoms. The molecule has 1 rings (SSSR count). The summed E-state index contributed by atoms with van der Waals surface area (Å²) >= 11 is 0. The van der Waals surface area contributed by atoms with Crippen molar-refractivity contribution >= 4 is 17.6 Å². The molecule has 0 spiro atoms. The first-order valence-electron chi connectivity index (χ1n) is 3.60. The van der Waals surface area contributed by atoms with Gasteiger partial charge in [-0.25, -0.2) is 0 Å². The highest BCUT2D eigenvalue weighted by Crippen LogP contribution is 2.19. The summed E-state index contributed by atoms with van der Waals surface area (Å²) in [6, 6.07) is 0. The normalized spacial score (nSPS) is 28.8. The summed E-state index contributed by atoms with van der Waals surface area (Å²) in [6.07, 6.45) is -0.407. The van der Waals surface area contributed by atoms with Crippen LogP contribution in [-0.4, -0.2) is 28.3 Å². The van der Waals surface area contributed by atoms with Crippen LogP contribution in [0.2, 0.25) is 0 Å². The minimum absolute atomic E-state index is 0.0389. The highest BCUT2D eigenvalue weighted by molar-refractivity contribution is 6.20. The molecular weight excluding hydrogens is 162 g/mol. The van der Waals surface area contributed by atoms with Gasteiger partial charge in [-0.05, 0) is 0 Å². The second kappa shape index (κ2) is 2.67. The van der Waals surface area contributed by atoms with Gasteiger partial charge in [0, 0.05) is 6.42 Å². The van der Waals surface area contributed by atoms with Crippen molar-refractivity contribution in [2.75, 3.05) is 0 Å². The topological polar surface area (TPSA) is 83.5 Å². The summed E-state index contributed by atoms with van der Waals surface area (Å²) in [4.78, 5) is 32.6. The number of ketones is 1. The molecule has 0 aromatic carbocycles. The third-order valence-electron chi connectivity index (χ3n) is 1.83. The molecule has 1 unspecified atom stereocenters. The van der Waals surface area contributed by atoms with Crippen LogP contribution in [0.15, 0.2) is 0 Å². The molecule has 0 radical (unpaired) electrons. The van der Waals surface area contributed by atoms with Crippen molar-refractivity contribution in [2.24, 2.45) is 0 Å². The highest BCUT2D eigenvalue weighted by atomic mass is 16.3. The van der Waals surface area contributed by atoms with Crippen molar-refractivity contribution < 1.29 is 19.5 Å². The number of carbonyl (C=O) groups is 3. The highest BCUT2D eigenvalue weighted by Gasteiger charge is 2.50. The monoisotopic (exact) mass is 171 g/mol. The van der Waals surface area contributed by atoms with E-state index in [1.807, 2.05) is 5.32 Å². The van der Waals surface area contributed by atoms with E-state index in [0.717, 1.165) is 0 Å². The maximum atomic E-state index is 11.0. The molecule has 0 aromatic rings. The van der Waals surface area contributed by atoms with E-state index in [1.165, 1.54) is 6.92 Å². The SMILES string of the molecule is CCC(=O)C1(O)CC(=O)NC1=O. The van der Waals surface area contributed by atoms with E-state index in [9.17, 15) is 19.5 Å². The second-order valence-electron chi connectivity index (χ2n) is 2.69. The minimum atomic E-state index is -2.11. The van der Waals surface area contributed by atoms with E-state index in [1.54, 1.807) is 0 Å². The first-order chi connectivity index (χ1) is 5.50. The average Bonchev–Trinajstić information content (AvgIpc) is 2.26. The van der Waals surface area contributed by atoms with Crippen LogP contribution in [-0.2, 0) is 14.4 Å². The van der Waals surface area contributed by atoms with E-state index in [0.29, 0.717) is 0 Å². The molecular formula is C7H9NO4. The third-order valence-corrected chi connectivity index (χ3v) is 1.83.